The summed E-state index contributed by atoms with van der Waals surface area (Å²) in [6.45, 7) is -0.0154. The lowest BCUT2D eigenvalue weighted by Crippen LogP contribution is -2.11. The summed E-state index contributed by atoms with van der Waals surface area (Å²) in [4.78, 5) is 12.3. The number of azide groups is 1. The second-order valence-corrected chi connectivity index (χ2v) is 6.47. The van der Waals surface area contributed by atoms with Crippen LogP contribution in [0.2, 0.25) is 0 Å². The van der Waals surface area contributed by atoms with Crippen molar-refractivity contribution in [2.24, 2.45) is 5.11 Å². The maximum atomic E-state index is 12.1. The third kappa shape index (κ3) is 5.18. The van der Waals surface area contributed by atoms with Crippen molar-refractivity contribution in [3.63, 3.8) is 0 Å². The molecule has 0 radical (unpaired) electrons. The Morgan fingerprint density at radius 3 is 2.46 bits per heavy atom. The number of nitrogens with zero attached hydrogens (tertiary/aromatic N) is 4. The fourth-order valence-corrected chi connectivity index (χ4v) is 3.07. The van der Waals surface area contributed by atoms with E-state index in [0.29, 0.717) is 11.4 Å². The van der Waals surface area contributed by atoms with Gasteiger partial charge in [0.2, 0.25) is 0 Å². The van der Waals surface area contributed by atoms with Crippen molar-refractivity contribution < 1.29 is 22.3 Å². The lowest BCUT2D eigenvalue weighted by atomic mass is 10.3. The first-order chi connectivity index (χ1) is 12.4. The molecule has 11 heteroatoms. The van der Waals surface area contributed by atoms with E-state index >= 15 is 0 Å². The van der Waals surface area contributed by atoms with Crippen LogP contribution in [0.15, 0.2) is 58.5 Å². The summed E-state index contributed by atoms with van der Waals surface area (Å²) < 4.78 is 34.4. The molecule has 2 rings (SSSR count). The van der Waals surface area contributed by atoms with Crippen LogP contribution in [-0.2, 0) is 14.3 Å². The van der Waals surface area contributed by atoms with E-state index in [4.69, 9.17) is 14.5 Å². The monoisotopic (exact) mass is 378 g/mol. The molecule has 2 aromatic carbocycles. The maximum Gasteiger partial charge on any atom is 0.303 e. The zero-order valence-electron chi connectivity index (χ0n) is 13.4. The zero-order chi connectivity index (χ0) is 19.0. The van der Waals surface area contributed by atoms with E-state index in [-0.39, 0.29) is 19.6 Å². The molecule has 10 nitrogen and oxygen atoms in total. The summed E-state index contributed by atoms with van der Waals surface area (Å²) in [5.41, 5.74) is 8.22. The van der Waals surface area contributed by atoms with Crippen molar-refractivity contribution in [3.8, 4) is 5.75 Å². The number of rotatable bonds is 9. The Balaban J connectivity index is 1.85. The molecule has 0 aliphatic heterocycles. The van der Waals surface area contributed by atoms with Gasteiger partial charge in [-0.3, -0.25) is 14.3 Å². The first-order valence-corrected chi connectivity index (χ1v) is 8.75. The molecule has 0 saturated carbocycles. The molecular formula is C15H14N4O6S. The van der Waals surface area contributed by atoms with Crippen LogP contribution in [0, 0.1) is 10.1 Å². The highest BCUT2D eigenvalue weighted by atomic mass is 32.2. The van der Waals surface area contributed by atoms with Crippen LogP contribution in [-0.4, -0.2) is 26.6 Å². The highest BCUT2D eigenvalue weighted by molar-refractivity contribution is 7.87. The summed E-state index contributed by atoms with van der Waals surface area (Å²) in [6.07, 6.45) is 0.248. The van der Waals surface area contributed by atoms with E-state index in [1.807, 2.05) is 0 Å². The summed E-state index contributed by atoms with van der Waals surface area (Å²) in [7, 11) is -4.24. The Kier molecular flexibility index (Phi) is 6.50. The molecule has 0 aliphatic rings. The van der Waals surface area contributed by atoms with Gasteiger partial charge >= 0.3 is 10.1 Å². The van der Waals surface area contributed by atoms with E-state index in [1.165, 1.54) is 12.1 Å². The Morgan fingerprint density at radius 2 is 1.81 bits per heavy atom. The predicted octanol–water partition coefficient (Wildman–Crippen LogP) is 3.71. The highest BCUT2D eigenvalue weighted by Crippen LogP contribution is 2.24. The number of nitro benzene ring substituents is 1. The third-order valence-corrected chi connectivity index (χ3v) is 4.48. The van der Waals surface area contributed by atoms with E-state index < -0.39 is 25.6 Å². The van der Waals surface area contributed by atoms with Crippen LogP contribution < -0.4 is 4.74 Å². The van der Waals surface area contributed by atoms with Crippen molar-refractivity contribution in [2.45, 2.75) is 11.3 Å². The molecule has 0 bridgehead atoms. The molecule has 0 N–H and O–H groups in total. The molecular weight excluding hydrogens is 364 g/mol. The molecule has 0 heterocycles. The Labute approximate surface area is 148 Å². The predicted molar refractivity (Wildman–Crippen MR) is 91.6 cm³/mol. The van der Waals surface area contributed by atoms with Crippen LogP contribution >= 0.6 is 0 Å². The molecule has 0 spiro atoms. The van der Waals surface area contributed by atoms with Gasteiger partial charge in [-0.25, -0.2) is 0 Å². The zero-order valence-corrected chi connectivity index (χ0v) is 14.2. The average Bonchev–Trinajstić information content (AvgIpc) is 2.63. The second-order valence-electron chi connectivity index (χ2n) is 4.89. The third-order valence-electron chi connectivity index (χ3n) is 3.12. The molecule has 0 fully saturated rings. The van der Waals surface area contributed by atoms with Crippen molar-refractivity contribution >= 4 is 21.5 Å². The molecule has 136 valence electrons. The lowest BCUT2D eigenvalue weighted by molar-refractivity contribution is -0.387. The number of para-hydroxylation sites is 1. The summed E-state index contributed by atoms with van der Waals surface area (Å²) in [5, 5.41) is 14.3. The Morgan fingerprint density at radius 1 is 1.12 bits per heavy atom. The first-order valence-electron chi connectivity index (χ1n) is 7.35. The van der Waals surface area contributed by atoms with Gasteiger partial charge in [0.25, 0.3) is 5.69 Å². The van der Waals surface area contributed by atoms with Gasteiger partial charge in [-0.2, -0.15) is 8.42 Å². The molecule has 0 saturated heterocycles. The molecule has 0 aliphatic carbocycles. The number of nitro groups is 1. The second kappa shape index (κ2) is 8.81. The fraction of sp³-hybridized carbons (Fsp3) is 0.200. The van der Waals surface area contributed by atoms with Gasteiger partial charge in [-0.15, -0.1) is 0 Å². The normalized spacial score (nSPS) is 10.8. The molecule has 0 amide bonds. The highest BCUT2D eigenvalue weighted by Gasteiger charge is 2.25. The SMILES string of the molecule is [N-]=[N+]=Nc1ccc(OCCCOS(=O)(=O)c2ccccc2[N+](=O)[O-])cc1. The van der Waals surface area contributed by atoms with Gasteiger partial charge in [0.15, 0.2) is 4.90 Å². The van der Waals surface area contributed by atoms with Crippen molar-refractivity contribution in [2.75, 3.05) is 13.2 Å². The van der Waals surface area contributed by atoms with Gasteiger partial charge in [-0.05, 0) is 35.9 Å². The quantitative estimate of drug-likeness (QED) is 0.124. The number of hydrogen-bond acceptors (Lipinski definition) is 7. The van der Waals surface area contributed by atoms with E-state index in [2.05, 4.69) is 10.0 Å². The molecule has 0 aromatic heterocycles. The number of ether oxygens (including phenoxy) is 1. The topological polar surface area (TPSA) is 145 Å². The minimum atomic E-state index is -4.24. The fourth-order valence-electron chi connectivity index (χ4n) is 1.96. The van der Waals surface area contributed by atoms with Crippen LogP contribution in [0.1, 0.15) is 6.42 Å². The summed E-state index contributed by atoms with van der Waals surface area (Å²) >= 11 is 0. The maximum absolute atomic E-state index is 12.1. The largest absolute Gasteiger partial charge is 0.494 e. The number of hydrogen-bond donors (Lipinski definition) is 0. The smallest absolute Gasteiger partial charge is 0.303 e. The van der Waals surface area contributed by atoms with Crippen LogP contribution in [0.4, 0.5) is 11.4 Å². The van der Waals surface area contributed by atoms with Crippen LogP contribution in [0.25, 0.3) is 10.4 Å². The molecule has 0 atom stereocenters. The summed E-state index contributed by atoms with van der Waals surface area (Å²) in [5.74, 6) is 0.517. The van der Waals surface area contributed by atoms with Crippen LogP contribution in [0.5, 0.6) is 5.75 Å². The molecule has 0 unspecified atom stereocenters. The molecule has 26 heavy (non-hydrogen) atoms. The van der Waals surface area contributed by atoms with Gasteiger partial charge in [0, 0.05) is 23.1 Å². The van der Waals surface area contributed by atoms with Gasteiger partial charge in [0.1, 0.15) is 5.75 Å². The average molecular weight is 378 g/mol. The van der Waals surface area contributed by atoms with Gasteiger partial charge < -0.3 is 4.74 Å². The number of benzene rings is 2. The first kappa shape index (κ1) is 19.2. The van der Waals surface area contributed by atoms with Crippen molar-refractivity contribution in [1.29, 1.82) is 0 Å². The standard InChI is InChI=1S/C15H14N4O6S/c16-18-17-12-6-8-13(9-7-12)24-10-3-11-25-26(22,23)15-5-2-1-4-14(15)19(20)21/h1-2,4-9H,3,10-11H2. The molecule has 2 aromatic rings. The van der Waals surface area contributed by atoms with Gasteiger partial charge in [0.05, 0.1) is 18.1 Å². The minimum Gasteiger partial charge on any atom is -0.494 e. The van der Waals surface area contributed by atoms with Crippen molar-refractivity contribution in [1.82, 2.24) is 0 Å². The minimum absolute atomic E-state index is 0.174. The summed E-state index contributed by atoms with van der Waals surface area (Å²) in [6, 6.07) is 11.3. The van der Waals surface area contributed by atoms with Gasteiger partial charge in [-0.1, -0.05) is 17.2 Å². The van der Waals surface area contributed by atoms with E-state index in [9.17, 15) is 18.5 Å². The van der Waals surface area contributed by atoms with Crippen molar-refractivity contribution in [3.05, 3.63) is 69.1 Å². The van der Waals surface area contributed by atoms with E-state index in [1.54, 1.807) is 24.3 Å². The van der Waals surface area contributed by atoms with Crippen LogP contribution in [0.3, 0.4) is 0 Å². The Bertz CT molecular complexity index is 923. The lowest BCUT2D eigenvalue weighted by Gasteiger charge is -2.08. The van der Waals surface area contributed by atoms with E-state index in [0.717, 1.165) is 12.1 Å². The Hall–Kier alpha value is -3.14.